The number of esters is 1. The van der Waals surface area contributed by atoms with Crippen LogP contribution in [0.1, 0.15) is 17.5 Å². The van der Waals surface area contributed by atoms with Gasteiger partial charge in [-0.05, 0) is 22.3 Å². The molecule has 2 aromatic carbocycles. The standard InChI is InChI=1S/C24H23N3O5/c1-27(15-22(28)25-21-11-13-31-26-21)12-10-16(14-27)32-23(29)24(30)19-8-4-2-6-17(19)18-7-3-5-9-20(18)24/h2-9,11,13,16H,10,12,14-15H2,1H3,(H,25,26,28)/t16-,27?/m1/s1. The highest BCUT2D eigenvalue weighted by Gasteiger charge is 2.44. The van der Waals surface area contributed by atoms with Crippen molar-refractivity contribution in [2.75, 3.05) is 32.0 Å². The summed E-state index contributed by atoms with van der Waals surface area (Å²) in [7, 11) is 1.93. The van der Waals surface area contributed by atoms with Crippen molar-refractivity contribution in [3.63, 3.8) is 0 Å². The highest BCUT2D eigenvalue weighted by Crippen LogP contribution is 2.46. The first-order valence-electron chi connectivity index (χ1n) is 10.5. The number of benzene rings is 2. The fourth-order valence-corrected chi connectivity index (χ4v) is 4.83. The van der Waals surface area contributed by atoms with Crippen molar-refractivity contribution in [2.45, 2.75) is 18.1 Å². The Balaban J connectivity index is 1.30. The molecule has 8 heteroatoms. The number of quaternary nitrogens is 1. The third-order valence-electron chi connectivity index (χ3n) is 6.33. The molecule has 5 rings (SSSR count). The highest BCUT2D eigenvalue weighted by molar-refractivity contribution is 5.95. The zero-order valence-corrected chi connectivity index (χ0v) is 17.6. The average molecular weight is 433 g/mol. The number of amides is 1. The Kier molecular flexibility index (Phi) is 4.83. The third-order valence-corrected chi connectivity index (χ3v) is 6.33. The van der Waals surface area contributed by atoms with Gasteiger partial charge in [-0.3, -0.25) is 9.59 Å². The number of aromatic nitrogens is 1. The summed E-state index contributed by atoms with van der Waals surface area (Å²) in [5.74, 6) is -0.636. The fourth-order valence-electron chi connectivity index (χ4n) is 4.83. The van der Waals surface area contributed by atoms with E-state index in [0.717, 1.165) is 11.1 Å². The van der Waals surface area contributed by atoms with Gasteiger partial charge in [-0.1, -0.05) is 53.7 Å². The molecule has 2 atom stereocenters. The quantitative estimate of drug-likeness (QED) is 0.485. The summed E-state index contributed by atoms with van der Waals surface area (Å²) in [6.07, 6.45) is 1.53. The number of rotatable bonds is 5. The van der Waals surface area contributed by atoms with E-state index in [1.807, 2.05) is 31.3 Å². The molecule has 1 fully saturated rings. The molecule has 1 aromatic heterocycles. The molecule has 0 radical (unpaired) electrons. The maximum atomic E-state index is 14.0. The second-order valence-corrected chi connectivity index (χ2v) is 8.71. The molecule has 164 valence electrons. The Morgan fingerprint density at radius 1 is 1.16 bits per heavy atom. The fraction of sp³-hybridized carbons (Fsp3) is 0.292. The van der Waals surface area contributed by atoms with E-state index in [-0.39, 0.29) is 12.5 Å². The van der Waals surface area contributed by atoms with Crippen molar-refractivity contribution in [3.8, 4) is 11.1 Å². The van der Waals surface area contributed by atoms with Gasteiger partial charge in [-0.2, -0.15) is 0 Å². The molecule has 2 aliphatic rings. The molecule has 1 aliphatic carbocycles. The summed E-state index contributed by atoms with van der Waals surface area (Å²) >= 11 is 0. The van der Waals surface area contributed by atoms with Crippen LogP contribution < -0.4 is 10.4 Å². The number of nitrogens with zero attached hydrogens (tertiary/aromatic N) is 2. The van der Waals surface area contributed by atoms with Gasteiger partial charge in [0.1, 0.15) is 12.8 Å². The summed E-state index contributed by atoms with van der Waals surface area (Å²) < 4.78 is 10.9. The predicted molar refractivity (Wildman–Crippen MR) is 113 cm³/mol. The van der Waals surface area contributed by atoms with Crippen molar-refractivity contribution < 1.29 is 28.4 Å². The first-order chi connectivity index (χ1) is 15.4. The van der Waals surface area contributed by atoms with Crippen molar-refractivity contribution in [3.05, 3.63) is 72.0 Å². The minimum Gasteiger partial charge on any atom is -0.834 e. The van der Waals surface area contributed by atoms with Crippen LogP contribution in [0.5, 0.6) is 0 Å². The van der Waals surface area contributed by atoms with Gasteiger partial charge in [0.2, 0.25) is 0 Å². The normalized spacial score (nSPS) is 22.8. The predicted octanol–water partition coefficient (Wildman–Crippen LogP) is 1.66. The minimum absolute atomic E-state index is 0.202. The Bertz CT molecular complexity index is 1130. The lowest BCUT2D eigenvalue weighted by atomic mass is 9.91. The molecule has 2 heterocycles. The van der Waals surface area contributed by atoms with Crippen LogP contribution in [0, 0.1) is 0 Å². The van der Waals surface area contributed by atoms with Crippen LogP contribution in [0.15, 0.2) is 65.4 Å². The van der Waals surface area contributed by atoms with Gasteiger partial charge in [-0.15, -0.1) is 0 Å². The molecule has 1 aliphatic heterocycles. The molecule has 1 saturated heterocycles. The number of nitrogens with one attached hydrogen (secondary N) is 1. The van der Waals surface area contributed by atoms with E-state index in [9.17, 15) is 14.7 Å². The Labute approximate surface area is 185 Å². The molecular weight excluding hydrogens is 410 g/mol. The Morgan fingerprint density at radius 2 is 1.81 bits per heavy atom. The summed E-state index contributed by atoms with van der Waals surface area (Å²) in [5, 5.41) is 20.4. The van der Waals surface area contributed by atoms with Gasteiger partial charge in [0.05, 0.1) is 13.6 Å². The Hall–Kier alpha value is -3.49. The van der Waals surface area contributed by atoms with E-state index < -0.39 is 17.7 Å². The number of carbonyl (C=O) groups is 2. The molecule has 32 heavy (non-hydrogen) atoms. The van der Waals surface area contributed by atoms with Crippen LogP contribution in [0.3, 0.4) is 0 Å². The lowest BCUT2D eigenvalue weighted by Gasteiger charge is -2.36. The van der Waals surface area contributed by atoms with E-state index in [1.165, 1.54) is 6.26 Å². The van der Waals surface area contributed by atoms with Gasteiger partial charge in [-0.25, -0.2) is 0 Å². The van der Waals surface area contributed by atoms with E-state index in [4.69, 9.17) is 9.26 Å². The molecule has 1 amide bonds. The number of anilines is 1. The van der Waals surface area contributed by atoms with Gasteiger partial charge >= 0.3 is 5.97 Å². The SMILES string of the molecule is C[N+]1(CC(=O)Nc2ccon2)CC[C@@H](OC(=O)C2([O-])c3ccccc3-c3ccccc32)C1. The van der Waals surface area contributed by atoms with E-state index >= 15 is 0 Å². The number of hydrogen-bond acceptors (Lipinski definition) is 6. The van der Waals surface area contributed by atoms with Crippen LogP contribution in [0.2, 0.25) is 0 Å². The first kappa shape index (κ1) is 20.4. The van der Waals surface area contributed by atoms with Gasteiger partial charge in [0, 0.05) is 18.1 Å². The molecule has 0 bridgehead atoms. The number of ether oxygens (including phenoxy) is 1. The van der Waals surface area contributed by atoms with Crippen molar-refractivity contribution in [1.29, 1.82) is 0 Å². The summed E-state index contributed by atoms with van der Waals surface area (Å²) in [6.45, 7) is 1.32. The second-order valence-electron chi connectivity index (χ2n) is 8.71. The number of likely N-dealkylation sites (tertiary alicyclic amines) is 1. The van der Waals surface area contributed by atoms with E-state index in [0.29, 0.717) is 40.9 Å². The maximum absolute atomic E-state index is 14.0. The number of hydrogen-bond donors (Lipinski definition) is 1. The molecule has 1 unspecified atom stereocenters. The largest absolute Gasteiger partial charge is 0.834 e. The van der Waals surface area contributed by atoms with E-state index in [2.05, 4.69) is 10.5 Å². The van der Waals surface area contributed by atoms with Crippen molar-refractivity contribution >= 4 is 17.7 Å². The highest BCUT2D eigenvalue weighted by atomic mass is 16.6. The van der Waals surface area contributed by atoms with Crippen LogP contribution in [-0.4, -0.2) is 54.3 Å². The Morgan fingerprint density at radius 3 is 2.44 bits per heavy atom. The maximum Gasteiger partial charge on any atom is 0.304 e. The minimum atomic E-state index is -2.09. The number of fused-ring (bicyclic) bond motifs is 3. The van der Waals surface area contributed by atoms with Gasteiger partial charge < -0.3 is 24.2 Å². The molecule has 8 nitrogen and oxygen atoms in total. The molecule has 0 saturated carbocycles. The van der Waals surface area contributed by atoms with E-state index in [1.54, 1.807) is 30.3 Å². The van der Waals surface area contributed by atoms with Crippen LogP contribution in [0.25, 0.3) is 11.1 Å². The second kappa shape index (κ2) is 7.58. The van der Waals surface area contributed by atoms with Crippen LogP contribution in [0.4, 0.5) is 5.82 Å². The summed E-state index contributed by atoms with van der Waals surface area (Å²) in [4.78, 5) is 25.6. The third kappa shape index (κ3) is 3.37. The lowest BCUT2D eigenvalue weighted by molar-refractivity contribution is -0.890. The zero-order valence-electron chi connectivity index (χ0n) is 17.6. The number of likely N-dealkylation sites (N-methyl/N-ethyl adjacent to an activating group) is 1. The average Bonchev–Trinajstić information content (AvgIpc) is 3.48. The van der Waals surface area contributed by atoms with Crippen molar-refractivity contribution in [2.24, 2.45) is 0 Å². The molecule has 0 spiro atoms. The van der Waals surface area contributed by atoms with Crippen LogP contribution >= 0.6 is 0 Å². The smallest absolute Gasteiger partial charge is 0.304 e. The topological polar surface area (TPSA) is 104 Å². The molecule has 3 aromatic rings. The van der Waals surface area contributed by atoms with Crippen molar-refractivity contribution in [1.82, 2.24) is 5.16 Å². The first-order valence-corrected chi connectivity index (χ1v) is 10.5. The molecular formula is C24H23N3O5. The summed E-state index contributed by atoms with van der Waals surface area (Å²) in [6, 6.07) is 15.9. The monoisotopic (exact) mass is 433 g/mol. The summed E-state index contributed by atoms with van der Waals surface area (Å²) in [5.41, 5.74) is 0.295. The van der Waals surface area contributed by atoms with Gasteiger partial charge in [0.15, 0.2) is 18.5 Å². The van der Waals surface area contributed by atoms with Crippen LogP contribution in [-0.2, 0) is 19.9 Å². The molecule has 1 N–H and O–H groups in total. The lowest BCUT2D eigenvalue weighted by Crippen LogP contribution is -2.51. The van der Waals surface area contributed by atoms with Gasteiger partial charge in [0.25, 0.3) is 5.91 Å². The zero-order chi connectivity index (χ0) is 22.3. The number of carbonyl (C=O) groups excluding carboxylic acids is 2.